The van der Waals surface area contributed by atoms with Crippen molar-refractivity contribution in [1.82, 2.24) is 0 Å². The Morgan fingerprint density at radius 2 is 1.13 bits per heavy atom. The Balaban J connectivity index is 3.39. The van der Waals surface area contributed by atoms with Crippen LogP contribution in [0.2, 0.25) is 0 Å². The lowest BCUT2D eigenvalue weighted by atomic mass is 10.1. The van der Waals surface area contributed by atoms with Crippen LogP contribution in [-0.2, 0) is 6.42 Å². The van der Waals surface area contributed by atoms with Gasteiger partial charge in [0.2, 0.25) is 0 Å². The first-order valence-electron chi connectivity index (χ1n) is 4.00. The van der Waals surface area contributed by atoms with Gasteiger partial charge in [0.25, 0.3) is 0 Å². The average Bonchev–Trinajstić information content (AvgIpc) is 2.18. The second kappa shape index (κ2) is 6.32. The van der Waals surface area contributed by atoms with E-state index in [4.69, 9.17) is 0 Å². The molecule has 0 fully saturated rings. The molecule has 0 N–H and O–H groups in total. The predicted octanol–water partition coefficient (Wildman–Crippen LogP) is 6.83. The summed E-state index contributed by atoms with van der Waals surface area (Å²) in [6.07, 6.45) is 0.950. The van der Waals surface area contributed by atoms with Crippen molar-refractivity contribution in [2.45, 2.75) is 18.2 Å². The Bertz CT molecular complexity index is 356. The molecule has 0 saturated heterocycles. The third-order valence-corrected chi connectivity index (χ3v) is 8.37. The minimum atomic E-state index is 0.435. The lowest BCUT2D eigenvalue weighted by molar-refractivity contribution is 0.944. The van der Waals surface area contributed by atoms with Crippen LogP contribution in [0.3, 0.4) is 0 Å². The van der Waals surface area contributed by atoms with Crippen molar-refractivity contribution >= 4 is 95.6 Å². The fourth-order valence-corrected chi connectivity index (χ4v) is 4.89. The van der Waals surface area contributed by atoms with Gasteiger partial charge in [-0.3, -0.25) is 0 Å². The van der Waals surface area contributed by atoms with Crippen molar-refractivity contribution in [3.8, 4) is 0 Å². The van der Waals surface area contributed by atoms with E-state index in [1.165, 1.54) is 5.56 Å². The highest BCUT2D eigenvalue weighted by Gasteiger charge is 2.18. The van der Waals surface area contributed by atoms with E-state index in [1.807, 2.05) is 0 Å². The Labute approximate surface area is 140 Å². The summed E-state index contributed by atoms with van der Waals surface area (Å²) in [6, 6.07) is 0. The van der Waals surface area contributed by atoms with Crippen LogP contribution in [0, 0.1) is 0 Å². The molecule has 1 aromatic carbocycles. The summed E-state index contributed by atoms with van der Waals surface area (Å²) in [6.45, 7) is 2.13. The van der Waals surface area contributed by atoms with Gasteiger partial charge in [-0.1, -0.05) is 22.9 Å². The molecular formula is C9H6Br6. The molecule has 0 nitrogen and oxygen atoms in total. The molecule has 0 amide bonds. The van der Waals surface area contributed by atoms with Crippen LogP contribution in [-0.4, -0.2) is 4.83 Å². The van der Waals surface area contributed by atoms with E-state index in [1.54, 1.807) is 0 Å². The molecule has 0 aliphatic carbocycles. The van der Waals surface area contributed by atoms with Crippen LogP contribution in [0.15, 0.2) is 22.4 Å². The zero-order valence-corrected chi connectivity index (χ0v) is 17.1. The van der Waals surface area contributed by atoms with Crippen LogP contribution in [0.25, 0.3) is 0 Å². The van der Waals surface area contributed by atoms with E-state index in [-0.39, 0.29) is 0 Å². The lowest BCUT2D eigenvalue weighted by Gasteiger charge is -2.14. The fraction of sp³-hybridized carbons (Fsp3) is 0.333. The van der Waals surface area contributed by atoms with Gasteiger partial charge < -0.3 is 0 Å². The van der Waals surface area contributed by atoms with Gasteiger partial charge in [0.1, 0.15) is 0 Å². The number of hydrogen-bond donors (Lipinski definition) is 0. The minimum Gasteiger partial charge on any atom is -0.0890 e. The molecule has 0 bridgehead atoms. The van der Waals surface area contributed by atoms with Gasteiger partial charge in [0.15, 0.2) is 0 Å². The van der Waals surface area contributed by atoms with Gasteiger partial charge >= 0.3 is 0 Å². The molecule has 0 aliphatic heterocycles. The second-order valence-electron chi connectivity index (χ2n) is 3.03. The maximum atomic E-state index is 3.60. The molecule has 0 spiro atoms. The molecule has 0 aromatic heterocycles. The van der Waals surface area contributed by atoms with Crippen LogP contribution in [0.5, 0.6) is 0 Å². The Hall–Kier alpha value is 2.10. The van der Waals surface area contributed by atoms with Crippen LogP contribution in [0.1, 0.15) is 12.5 Å². The first-order chi connectivity index (χ1) is 6.86. The number of benzene rings is 1. The molecule has 84 valence electrons. The van der Waals surface area contributed by atoms with Crippen LogP contribution < -0.4 is 0 Å². The summed E-state index contributed by atoms with van der Waals surface area (Å²) in [7, 11) is 0. The van der Waals surface area contributed by atoms with E-state index in [9.17, 15) is 0 Å². The van der Waals surface area contributed by atoms with E-state index in [2.05, 4.69) is 103 Å². The van der Waals surface area contributed by atoms with E-state index < -0.39 is 0 Å². The molecule has 0 heterocycles. The van der Waals surface area contributed by atoms with Crippen molar-refractivity contribution in [1.29, 1.82) is 0 Å². The summed E-state index contributed by atoms with van der Waals surface area (Å²) < 4.78 is 5.22. The lowest BCUT2D eigenvalue weighted by Crippen LogP contribution is -2.00. The summed E-state index contributed by atoms with van der Waals surface area (Å²) >= 11 is 21.4. The molecule has 1 atom stereocenters. The molecule has 1 unspecified atom stereocenters. The molecule has 0 aliphatic rings. The van der Waals surface area contributed by atoms with Gasteiger partial charge in [-0.25, -0.2) is 0 Å². The van der Waals surface area contributed by atoms with E-state index >= 15 is 0 Å². The molecule has 15 heavy (non-hydrogen) atoms. The highest BCUT2D eigenvalue weighted by Crippen LogP contribution is 2.45. The number of hydrogen-bond acceptors (Lipinski definition) is 0. The second-order valence-corrected chi connectivity index (χ2v) is 8.56. The van der Waals surface area contributed by atoms with Crippen molar-refractivity contribution in [3.05, 3.63) is 27.9 Å². The highest BCUT2D eigenvalue weighted by molar-refractivity contribution is 9.15. The summed E-state index contributed by atoms with van der Waals surface area (Å²) in [4.78, 5) is 0.435. The van der Waals surface area contributed by atoms with Crippen LogP contribution in [0.4, 0.5) is 0 Å². The normalized spacial score (nSPS) is 13.0. The number of halogens is 6. The van der Waals surface area contributed by atoms with Gasteiger partial charge in [-0.2, -0.15) is 0 Å². The first-order valence-corrected chi connectivity index (χ1v) is 8.88. The SMILES string of the molecule is CC(Br)Cc1c(Br)c(Br)c(Br)c(Br)c1Br. The van der Waals surface area contributed by atoms with Crippen molar-refractivity contribution in [3.63, 3.8) is 0 Å². The minimum absolute atomic E-state index is 0.435. The van der Waals surface area contributed by atoms with Crippen molar-refractivity contribution in [2.75, 3.05) is 0 Å². The highest BCUT2D eigenvalue weighted by atomic mass is 79.9. The molecule has 0 saturated carbocycles. The summed E-state index contributed by atoms with van der Waals surface area (Å²) in [5, 5.41) is 0. The van der Waals surface area contributed by atoms with Crippen LogP contribution >= 0.6 is 95.6 Å². The van der Waals surface area contributed by atoms with E-state index in [0.29, 0.717) is 4.83 Å². The Morgan fingerprint density at radius 1 is 0.800 bits per heavy atom. The van der Waals surface area contributed by atoms with Gasteiger partial charge in [0, 0.05) is 27.2 Å². The van der Waals surface area contributed by atoms with Crippen molar-refractivity contribution in [2.24, 2.45) is 0 Å². The standard InChI is InChI=1S/C9H6Br6/c1-3(10)2-4-5(11)7(13)9(15)8(14)6(4)12/h3H,2H2,1H3. The average molecular weight is 594 g/mol. The largest absolute Gasteiger partial charge is 0.0890 e. The first kappa shape index (κ1) is 15.2. The molecule has 1 aromatic rings. The molecule has 0 radical (unpaired) electrons. The summed E-state index contributed by atoms with van der Waals surface area (Å²) in [5.41, 5.74) is 1.24. The third kappa shape index (κ3) is 3.53. The Kier molecular flexibility index (Phi) is 6.39. The monoisotopic (exact) mass is 588 g/mol. The van der Waals surface area contributed by atoms with Gasteiger partial charge in [0.05, 0.1) is 0 Å². The van der Waals surface area contributed by atoms with Gasteiger partial charge in [-0.15, -0.1) is 0 Å². The number of rotatable bonds is 2. The fourth-order valence-electron chi connectivity index (χ4n) is 1.11. The number of alkyl halides is 1. The molecule has 6 heteroatoms. The topological polar surface area (TPSA) is 0 Å². The van der Waals surface area contributed by atoms with Crippen molar-refractivity contribution < 1.29 is 0 Å². The third-order valence-electron chi connectivity index (χ3n) is 1.79. The molecule has 1 rings (SSSR count). The maximum absolute atomic E-state index is 3.60. The van der Waals surface area contributed by atoms with Gasteiger partial charge in [-0.05, 0) is 91.6 Å². The summed E-state index contributed by atoms with van der Waals surface area (Å²) in [5.74, 6) is 0. The molecular weight excluding hydrogens is 588 g/mol. The smallest absolute Gasteiger partial charge is 0.0482 e. The quantitative estimate of drug-likeness (QED) is 0.201. The predicted molar refractivity (Wildman–Crippen MR) is 87.0 cm³/mol. The zero-order chi connectivity index (χ0) is 11.7. The zero-order valence-electron chi connectivity index (χ0n) is 7.55. The van der Waals surface area contributed by atoms with E-state index in [0.717, 1.165) is 28.8 Å². The Morgan fingerprint density at radius 3 is 1.47 bits per heavy atom. The maximum Gasteiger partial charge on any atom is 0.0482 e.